The first-order chi connectivity index (χ1) is 21.1. The van der Waals surface area contributed by atoms with Crippen molar-refractivity contribution in [2.75, 3.05) is 6.54 Å². The average Bonchev–Trinajstić information content (AvgIpc) is 3.52. The summed E-state index contributed by atoms with van der Waals surface area (Å²) in [5.41, 5.74) is 14.1. The van der Waals surface area contributed by atoms with Gasteiger partial charge in [0.05, 0.1) is 12.1 Å². The molecule has 3 aromatic carbocycles. The Labute approximate surface area is 256 Å². The van der Waals surface area contributed by atoms with E-state index >= 15 is 0 Å². The van der Waals surface area contributed by atoms with Gasteiger partial charge in [-0.05, 0) is 54.5 Å². The van der Waals surface area contributed by atoms with Gasteiger partial charge in [0.25, 0.3) is 5.91 Å². The number of amides is 4. The molecule has 0 unspecified atom stereocenters. The molecule has 1 aliphatic heterocycles. The lowest BCUT2D eigenvalue weighted by atomic mass is 9.99. The van der Waals surface area contributed by atoms with Crippen molar-refractivity contribution in [3.63, 3.8) is 0 Å². The lowest BCUT2D eigenvalue weighted by Crippen LogP contribution is -2.58. The van der Waals surface area contributed by atoms with Gasteiger partial charge < -0.3 is 37.2 Å². The third kappa shape index (κ3) is 8.65. The molecular formula is C33H39N5O6. The topological polar surface area (TPSA) is 188 Å². The fraction of sp³-hybridized carbons (Fsp3) is 0.333. The Bertz CT molecular complexity index is 1420. The van der Waals surface area contributed by atoms with Crippen LogP contribution in [0, 0.1) is 0 Å². The van der Waals surface area contributed by atoms with Crippen LogP contribution in [0.15, 0.2) is 84.9 Å². The number of hydrogen-bond donors (Lipinski definition) is 6. The van der Waals surface area contributed by atoms with Crippen molar-refractivity contribution in [1.82, 2.24) is 15.5 Å². The predicted octanol–water partition coefficient (Wildman–Crippen LogP) is 0.554. The van der Waals surface area contributed by atoms with Crippen molar-refractivity contribution in [3.8, 4) is 5.75 Å². The van der Waals surface area contributed by atoms with Crippen LogP contribution in [-0.2, 0) is 38.4 Å². The van der Waals surface area contributed by atoms with Gasteiger partial charge in [0.2, 0.25) is 17.7 Å². The fourth-order valence-electron chi connectivity index (χ4n) is 5.39. The number of nitrogens with two attached hydrogens (primary N) is 2. The molecule has 8 N–H and O–H groups in total. The van der Waals surface area contributed by atoms with E-state index in [-0.39, 0.29) is 30.9 Å². The molecule has 11 heteroatoms. The highest BCUT2D eigenvalue weighted by Crippen LogP contribution is 2.21. The maximum atomic E-state index is 13.6. The zero-order valence-electron chi connectivity index (χ0n) is 24.3. The number of hydrogen-bond acceptors (Lipinski definition) is 7. The molecule has 11 nitrogen and oxygen atoms in total. The van der Waals surface area contributed by atoms with Gasteiger partial charge >= 0.3 is 0 Å². The second-order valence-electron chi connectivity index (χ2n) is 11.1. The largest absolute Gasteiger partial charge is 0.508 e. The van der Waals surface area contributed by atoms with Crippen molar-refractivity contribution in [1.29, 1.82) is 0 Å². The van der Waals surface area contributed by atoms with Crippen LogP contribution in [0.2, 0.25) is 0 Å². The molecule has 1 aliphatic rings. The maximum Gasteiger partial charge on any atom is 0.251 e. The molecule has 0 aromatic heterocycles. The van der Waals surface area contributed by atoms with Gasteiger partial charge in [0, 0.05) is 13.0 Å². The van der Waals surface area contributed by atoms with E-state index in [4.69, 9.17) is 11.5 Å². The molecule has 0 aliphatic carbocycles. The van der Waals surface area contributed by atoms with Crippen LogP contribution in [0.1, 0.15) is 29.5 Å². The third-order valence-electron chi connectivity index (χ3n) is 7.77. The Kier molecular flexibility index (Phi) is 11.1. The number of primary amides is 1. The van der Waals surface area contributed by atoms with Crippen LogP contribution in [0.25, 0.3) is 0 Å². The first kappa shape index (κ1) is 32.2. The number of aliphatic hydroxyl groups excluding tert-OH is 1. The number of aliphatic hydroxyl groups is 1. The van der Waals surface area contributed by atoms with Crippen LogP contribution in [0.4, 0.5) is 0 Å². The van der Waals surface area contributed by atoms with Gasteiger partial charge in [-0.25, -0.2) is 0 Å². The van der Waals surface area contributed by atoms with Crippen molar-refractivity contribution in [2.24, 2.45) is 11.5 Å². The minimum Gasteiger partial charge on any atom is -0.508 e. The van der Waals surface area contributed by atoms with E-state index in [1.165, 1.54) is 17.0 Å². The van der Waals surface area contributed by atoms with Crippen LogP contribution in [0.3, 0.4) is 0 Å². The van der Waals surface area contributed by atoms with Crippen molar-refractivity contribution in [3.05, 3.63) is 102 Å². The number of aromatic hydroxyl groups is 1. The molecule has 1 saturated heterocycles. The molecule has 4 amide bonds. The Morgan fingerprint density at radius 3 is 1.98 bits per heavy atom. The van der Waals surface area contributed by atoms with E-state index in [9.17, 15) is 29.4 Å². The Morgan fingerprint density at radius 2 is 1.39 bits per heavy atom. The van der Waals surface area contributed by atoms with E-state index in [1.807, 2.05) is 12.1 Å². The van der Waals surface area contributed by atoms with Gasteiger partial charge in [-0.2, -0.15) is 0 Å². The summed E-state index contributed by atoms with van der Waals surface area (Å²) in [7, 11) is 0. The lowest BCUT2D eigenvalue weighted by molar-refractivity contribution is -0.141. The number of nitrogens with one attached hydrogen (secondary N) is 2. The summed E-state index contributed by atoms with van der Waals surface area (Å²) >= 11 is 0. The average molecular weight is 602 g/mol. The summed E-state index contributed by atoms with van der Waals surface area (Å²) in [6, 6.07) is 20.5. The molecule has 4 rings (SSSR count). The molecule has 0 spiro atoms. The zero-order valence-corrected chi connectivity index (χ0v) is 24.3. The van der Waals surface area contributed by atoms with Crippen LogP contribution < -0.4 is 22.1 Å². The fourth-order valence-corrected chi connectivity index (χ4v) is 5.39. The van der Waals surface area contributed by atoms with Crippen LogP contribution in [-0.4, -0.2) is 75.6 Å². The number of carbonyl (C=O) groups excluding carboxylic acids is 4. The van der Waals surface area contributed by atoms with Gasteiger partial charge in [0.1, 0.15) is 17.8 Å². The molecule has 0 saturated carbocycles. The Hall–Kier alpha value is -4.74. The number of nitrogens with zero attached hydrogens (tertiary/aromatic N) is 1. The number of phenols is 1. The predicted molar refractivity (Wildman–Crippen MR) is 164 cm³/mol. The highest BCUT2D eigenvalue weighted by Gasteiger charge is 2.38. The number of rotatable bonds is 13. The second-order valence-corrected chi connectivity index (χ2v) is 11.1. The van der Waals surface area contributed by atoms with E-state index in [2.05, 4.69) is 10.6 Å². The van der Waals surface area contributed by atoms with Gasteiger partial charge in [-0.1, -0.05) is 72.8 Å². The van der Waals surface area contributed by atoms with E-state index in [1.54, 1.807) is 60.7 Å². The summed E-state index contributed by atoms with van der Waals surface area (Å²) in [6.07, 6.45) is -0.273. The standard InChI is InChI=1S/C33H39N5O6/c34-25(18-23-13-15-24(39)16-14-23)33(44)38-17-7-12-28(38)31(42)36-26(19-21-8-3-1-4-9-21)29(40)32(43)37-27(30(35)41)20-22-10-5-2-6-11-22/h1-6,8-11,13-16,25-29,39-40H,7,12,17-20,34H2,(H2,35,41)(H,36,42)(H,37,43)/t25-,26+,27-,28-,29+/m0/s1. The zero-order chi connectivity index (χ0) is 31.6. The SMILES string of the molecule is NC(=O)[C@H](Cc1ccccc1)NC(=O)[C@H](O)[C@@H](Cc1ccccc1)NC(=O)[C@@H]1CCCN1C(=O)[C@@H](N)Cc1ccc(O)cc1. The Balaban J connectivity index is 1.46. The highest BCUT2D eigenvalue weighted by atomic mass is 16.3. The highest BCUT2D eigenvalue weighted by molar-refractivity contribution is 5.92. The monoisotopic (exact) mass is 601 g/mol. The van der Waals surface area contributed by atoms with Crippen LogP contribution in [0.5, 0.6) is 5.75 Å². The molecular weight excluding hydrogens is 562 g/mol. The summed E-state index contributed by atoms with van der Waals surface area (Å²) in [4.78, 5) is 53.7. The molecule has 0 bridgehead atoms. The van der Waals surface area contributed by atoms with Crippen molar-refractivity contribution in [2.45, 2.75) is 62.4 Å². The molecule has 44 heavy (non-hydrogen) atoms. The lowest BCUT2D eigenvalue weighted by Gasteiger charge is -2.30. The van der Waals surface area contributed by atoms with E-state index in [0.717, 1.165) is 16.7 Å². The van der Waals surface area contributed by atoms with Gasteiger partial charge in [-0.3, -0.25) is 19.2 Å². The van der Waals surface area contributed by atoms with Crippen molar-refractivity contribution >= 4 is 23.6 Å². The number of benzene rings is 3. The number of phenolic OH excluding ortho intramolecular Hbond substituents is 1. The molecule has 5 atom stereocenters. The summed E-state index contributed by atoms with van der Waals surface area (Å²) in [5, 5.41) is 26.0. The normalized spacial score (nSPS) is 17.2. The quantitative estimate of drug-likeness (QED) is 0.165. The first-order valence-electron chi connectivity index (χ1n) is 14.6. The smallest absolute Gasteiger partial charge is 0.251 e. The third-order valence-corrected chi connectivity index (χ3v) is 7.77. The molecule has 0 radical (unpaired) electrons. The van der Waals surface area contributed by atoms with Gasteiger partial charge in [-0.15, -0.1) is 0 Å². The first-order valence-corrected chi connectivity index (χ1v) is 14.6. The summed E-state index contributed by atoms with van der Waals surface area (Å²) < 4.78 is 0. The maximum absolute atomic E-state index is 13.6. The summed E-state index contributed by atoms with van der Waals surface area (Å²) in [5.74, 6) is -2.43. The van der Waals surface area contributed by atoms with Gasteiger partial charge in [0.15, 0.2) is 6.10 Å². The Morgan fingerprint density at radius 1 is 0.818 bits per heavy atom. The molecule has 3 aromatic rings. The van der Waals surface area contributed by atoms with E-state index in [0.29, 0.717) is 19.4 Å². The second kappa shape index (κ2) is 15.1. The van der Waals surface area contributed by atoms with E-state index < -0.39 is 48.0 Å². The number of likely N-dealkylation sites (tertiary alicyclic amines) is 1. The van der Waals surface area contributed by atoms with Crippen molar-refractivity contribution < 1.29 is 29.4 Å². The molecule has 232 valence electrons. The summed E-state index contributed by atoms with van der Waals surface area (Å²) in [6.45, 7) is 0.340. The molecule has 1 fully saturated rings. The molecule has 1 heterocycles. The minimum atomic E-state index is -1.72. The minimum absolute atomic E-state index is 0.104. The number of carbonyl (C=O) groups is 4. The van der Waals surface area contributed by atoms with Crippen LogP contribution >= 0.6 is 0 Å².